The maximum atomic E-state index is 13.1. The van der Waals surface area contributed by atoms with Gasteiger partial charge < -0.3 is 14.8 Å². The minimum absolute atomic E-state index is 0.0932. The van der Waals surface area contributed by atoms with E-state index in [-0.39, 0.29) is 18.6 Å². The van der Waals surface area contributed by atoms with Gasteiger partial charge in [-0.3, -0.25) is 4.79 Å². The number of hydrogen-bond donors (Lipinski definition) is 1. The molecular formula is C24H32N2O5S. The third-order valence-corrected chi connectivity index (χ3v) is 7.47. The number of sulfonamides is 1. The average molecular weight is 461 g/mol. The molecule has 0 spiro atoms. The van der Waals surface area contributed by atoms with Gasteiger partial charge in [-0.1, -0.05) is 24.1 Å². The first-order valence-electron chi connectivity index (χ1n) is 11.1. The minimum atomic E-state index is -3.55. The molecular weight excluding hydrogens is 428 g/mol. The fourth-order valence-corrected chi connectivity index (χ4v) is 5.53. The lowest BCUT2D eigenvalue weighted by Gasteiger charge is -2.34. The summed E-state index contributed by atoms with van der Waals surface area (Å²) in [5.41, 5.74) is 1.02. The van der Waals surface area contributed by atoms with Gasteiger partial charge in [0.15, 0.2) is 6.61 Å². The van der Waals surface area contributed by atoms with Gasteiger partial charge in [-0.25, -0.2) is 8.42 Å². The molecule has 8 heteroatoms. The van der Waals surface area contributed by atoms with Crippen LogP contribution in [0.15, 0.2) is 53.4 Å². The number of benzene rings is 2. The van der Waals surface area contributed by atoms with Crippen LogP contribution in [-0.4, -0.2) is 51.0 Å². The number of aryl methyl sites for hydroxylation is 1. The second-order valence-corrected chi connectivity index (χ2v) is 9.80. The molecule has 1 fully saturated rings. The number of hydrogen-bond acceptors (Lipinski definition) is 5. The van der Waals surface area contributed by atoms with Crippen LogP contribution in [0.4, 0.5) is 0 Å². The smallest absolute Gasteiger partial charge is 0.257 e. The molecule has 32 heavy (non-hydrogen) atoms. The summed E-state index contributed by atoms with van der Waals surface area (Å²) in [6.07, 6.45) is 3.20. The maximum Gasteiger partial charge on any atom is 0.257 e. The van der Waals surface area contributed by atoms with E-state index in [0.29, 0.717) is 36.8 Å². The Labute approximate surface area is 190 Å². The molecule has 1 saturated heterocycles. The molecule has 1 unspecified atom stereocenters. The van der Waals surface area contributed by atoms with Crippen molar-refractivity contribution in [2.24, 2.45) is 0 Å². The van der Waals surface area contributed by atoms with Gasteiger partial charge >= 0.3 is 0 Å². The first-order chi connectivity index (χ1) is 15.4. The van der Waals surface area contributed by atoms with Crippen molar-refractivity contribution in [1.29, 1.82) is 0 Å². The quantitative estimate of drug-likeness (QED) is 0.586. The van der Waals surface area contributed by atoms with Crippen molar-refractivity contribution in [2.45, 2.75) is 50.5 Å². The van der Waals surface area contributed by atoms with Crippen LogP contribution in [0.25, 0.3) is 0 Å². The van der Waals surface area contributed by atoms with Crippen LogP contribution >= 0.6 is 0 Å². The summed E-state index contributed by atoms with van der Waals surface area (Å²) in [6.45, 7) is 5.25. The Hall–Kier alpha value is -2.58. The first-order valence-corrected chi connectivity index (χ1v) is 12.5. The maximum absolute atomic E-state index is 13.1. The lowest BCUT2D eigenvalue weighted by atomic mass is 10.0. The summed E-state index contributed by atoms with van der Waals surface area (Å²) >= 11 is 0. The Morgan fingerprint density at radius 3 is 2.34 bits per heavy atom. The van der Waals surface area contributed by atoms with Gasteiger partial charge in [-0.05, 0) is 69.5 Å². The Bertz CT molecular complexity index is 974. The molecule has 1 atom stereocenters. The lowest BCUT2D eigenvalue weighted by molar-refractivity contribution is -0.123. The van der Waals surface area contributed by atoms with Crippen LogP contribution in [0.5, 0.6) is 11.5 Å². The van der Waals surface area contributed by atoms with Crippen LogP contribution < -0.4 is 14.8 Å². The Morgan fingerprint density at radius 1 is 1.03 bits per heavy atom. The second-order valence-electron chi connectivity index (χ2n) is 7.91. The number of carbonyl (C=O) groups excluding carboxylic acids is 1. The molecule has 0 aromatic heterocycles. The molecule has 1 amide bonds. The molecule has 1 N–H and O–H groups in total. The topological polar surface area (TPSA) is 84.9 Å². The number of nitrogens with zero attached hydrogens (tertiary/aromatic N) is 1. The van der Waals surface area contributed by atoms with Gasteiger partial charge in [0, 0.05) is 19.1 Å². The highest BCUT2D eigenvalue weighted by molar-refractivity contribution is 7.89. The van der Waals surface area contributed by atoms with E-state index in [1.165, 1.54) is 0 Å². The number of piperidine rings is 1. The molecule has 0 radical (unpaired) electrons. The molecule has 1 aliphatic heterocycles. The predicted molar refractivity (Wildman–Crippen MR) is 123 cm³/mol. The molecule has 0 bridgehead atoms. The van der Waals surface area contributed by atoms with Gasteiger partial charge in [0.2, 0.25) is 10.0 Å². The molecule has 3 rings (SSSR count). The van der Waals surface area contributed by atoms with Crippen molar-refractivity contribution in [3.05, 3.63) is 54.1 Å². The third kappa shape index (κ3) is 6.46. The van der Waals surface area contributed by atoms with Crippen molar-refractivity contribution in [1.82, 2.24) is 9.62 Å². The number of nitrogens with one attached hydrogen (secondary N) is 1. The molecule has 174 valence electrons. The minimum Gasteiger partial charge on any atom is -0.494 e. The van der Waals surface area contributed by atoms with Crippen LogP contribution in [0.1, 0.15) is 38.2 Å². The van der Waals surface area contributed by atoms with Crippen molar-refractivity contribution in [3.63, 3.8) is 0 Å². The van der Waals surface area contributed by atoms with Gasteiger partial charge in [0.1, 0.15) is 11.5 Å². The van der Waals surface area contributed by atoms with Gasteiger partial charge in [-0.2, -0.15) is 4.31 Å². The fourth-order valence-electron chi connectivity index (χ4n) is 3.80. The highest BCUT2D eigenvalue weighted by Gasteiger charge is 2.33. The largest absolute Gasteiger partial charge is 0.494 e. The molecule has 7 nitrogen and oxygen atoms in total. The van der Waals surface area contributed by atoms with E-state index in [1.54, 1.807) is 40.7 Å². The van der Waals surface area contributed by atoms with Crippen LogP contribution in [0.3, 0.4) is 0 Å². The van der Waals surface area contributed by atoms with E-state index in [4.69, 9.17) is 9.47 Å². The standard InChI is InChI=1S/C24H32N2O5S/c1-3-30-21-9-11-22(12-10-21)31-18-24(27)25-16-15-20-6-4-5-17-26(20)32(28,29)23-13-7-19(2)8-14-23/h7-14,20H,3-6,15-18H2,1-2H3,(H,25,27). The number of amides is 1. The van der Waals surface area contributed by atoms with E-state index in [2.05, 4.69) is 5.32 Å². The third-order valence-electron chi connectivity index (χ3n) is 5.51. The van der Waals surface area contributed by atoms with Gasteiger partial charge in [0.25, 0.3) is 5.91 Å². The summed E-state index contributed by atoms with van der Waals surface area (Å²) in [7, 11) is -3.55. The number of ether oxygens (including phenoxy) is 2. The molecule has 2 aromatic carbocycles. The van der Waals surface area contributed by atoms with Gasteiger partial charge in [0.05, 0.1) is 11.5 Å². The van der Waals surface area contributed by atoms with Crippen LogP contribution in [0.2, 0.25) is 0 Å². The molecule has 1 aliphatic rings. The second kappa shape index (κ2) is 11.3. The summed E-state index contributed by atoms with van der Waals surface area (Å²) < 4.78 is 38.8. The normalized spacial score (nSPS) is 17.0. The first kappa shape index (κ1) is 24.1. The summed E-state index contributed by atoms with van der Waals surface area (Å²) in [4.78, 5) is 12.5. The molecule has 1 heterocycles. The van der Waals surface area contributed by atoms with E-state index in [1.807, 2.05) is 26.0 Å². The average Bonchev–Trinajstić information content (AvgIpc) is 2.79. The van der Waals surface area contributed by atoms with E-state index in [9.17, 15) is 13.2 Å². The molecule has 2 aromatic rings. The highest BCUT2D eigenvalue weighted by atomic mass is 32.2. The highest BCUT2D eigenvalue weighted by Crippen LogP contribution is 2.27. The van der Waals surface area contributed by atoms with Crippen molar-refractivity contribution in [3.8, 4) is 11.5 Å². The van der Waals surface area contributed by atoms with E-state index >= 15 is 0 Å². The predicted octanol–water partition coefficient (Wildman–Crippen LogP) is 3.52. The Kier molecular flexibility index (Phi) is 8.53. The number of carbonyl (C=O) groups is 1. The van der Waals surface area contributed by atoms with Crippen molar-refractivity contribution >= 4 is 15.9 Å². The molecule has 0 aliphatic carbocycles. The molecule has 0 saturated carbocycles. The monoisotopic (exact) mass is 460 g/mol. The zero-order valence-corrected chi connectivity index (χ0v) is 19.6. The van der Waals surface area contributed by atoms with Crippen molar-refractivity contribution in [2.75, 3.05) is 26.3 Å². The van der Waals surface area contributed by atoms with Crippen molar-refractivity contribution < 1.29 is 22.7 Å². The SMILES string of the molecule is CCOc1ccc(OCC(=O)NCCC2CCCCN2S(=O)(=O)c2ccc(C)cc2)cc1. The Morgan fingerprint density at radius 2 is 1.69 bits per heavy atom. The van der Waals surface area contributed by atoms with E-state index < -0.39 is 10.0 Å². The summed E-state index contributed by atoms with van der Waals surface area (Å²) in [6, 6.07) is 13.9. The summed E-state index contributed by atoms with van der Waals surface area (Å²) in [5, 5.41) is 2.84. The number of rotatable bonds is 10. The van der Waals surface area contributed by atoms with Crippen LogP contribution in [-0.2, 0) is 14.8 Å². The Balaban J connectivity index is 1.49. The lowest BCUT2D eigenvalue weighted by Crippen LogP contribution is -2.45. The van der Waals surface area contributed by atoms with Crippen LogP contribution in [0, 0.1) is 6.92 Å². The zero-order valence-electron chi connectivity index (χ0n) is 18.7. The van der Waals surface area contributed by atoms with E-state index in [0.717, 1.165) is 30.6 Å². The zero-order chi connectivity index (χ0) is 23.0. The van der Waals surface area contributed by atoms with Gasteiger partial charge in [-0.15, -0.1) is 0 Å². The fraction of sp³-hybridized carbons (Fsp3) is 0.458. The summed E-state index contributed by atoms with van der Waals surface area (Å²) in [5.74, 6) is 1.11.